The Morgan fingerprint density at radius 2 is 1.71 bits per heavy atom. The van der Waals surface area contributed by atoms with Crippen molar-refractivity contribution < 1.29 is 15.1 Å². The van der Waals surface area contributed by atoms with Crippen LogP contribution >= 0.6 is 0 Å². The summed E-state index contributed by atoms with van der Waals surface area (Å²) in [4.78, 5) is 7.46. The lowest BCUT2D eigenvalue weighted by Gasteiger charge is -2.03. The number of aromatic nitrogens is 2. The van der Waals surface area contributed by atoms with E-state index in [0.29, 0.717) is 0 Å². The first-order valence-corrected chi connectivity index (χ1v) is 4.65. The van der Waals surface area contributed by atoms with Gasteiger partial charge in [-0.1, -0.05) is 5.11 Å². The quantitative estimate of drug-likeness (QED) is 0.466. The molecule has 0 aromatic carbocycles. The Morgan fingerprint density at radius 3 is 2.35 bits per heavy atom. The highest BCUT2D eigenvalue weighted by molar-refractivity contribution is 5.42. The lowest BCUT2D eigenvalue weighted by molar-refractivity contribution is -0.440. The van der Waals surface area contributed by atoms with Crippen LogP contribution in [0.4, 0.5) is 11.6 Å². The van der Waals surface area contributed by atoms with E-state index in [-0.39, 0.29) is 28.0 Å². The smallest absolute Gasteiger partial charge is 0.389 e. The summed E-state index contributed by atoms with van der Waals surface area (Å²) in [5.74, 6) is -0.949. The second kappa shape index (κ2) is 4.44. The van der Waals surface area contributed by atoms with Crippen molar-refractivity contribution in [1.29, 1.82) is 0 Å². The van der Waals surface area contributed by atoms with Crippen LogP contribution in [0, 0.1) is 5.21 Å². The Bertz CT molecular complexity index is 571. The molecule has 0 unspecified atom stereocenters. The van der Waals surface area contributed by atoms with Crippen LogP contribution < -0.4 is 0 Å². The van der Waals surface area contributed by atoms with Crippen molar-refractivity contribution in [3.05, 3.63) is 41.9 Å². The van der Waals surface area contributed by atoms with Crippen LogP contribution in [-0.4, -0.2) is 25.0 Å². The molecule has 0 aliphatic rings. The molecule has 2 heterocycles. The molecular weight excluding hydrogens is 224 g/mol. The molecule has 2 rings (SSSR count). The molecule has 0 bridgehead atoms. The van der Waals surface area contributed by atoms with Gasteiger partial charge in [0.05, 0.1) is 0 Å². The highest BCUT2D eigenvalue weighted by atomic mass is 16.5. The van der Waals surface area contributed by atoms with E-state index in [1.165, 1.54) is 36.7 Å². The number of hydrogen-bond donors (Lipinski definition) is 2. The van der Waals surface area contributed by atoms with Crippen LogP contribution in [-0.2, 0) is 0 Å². The summed E-state index contributed by atoms with van der Waals surface area (Å²) >= 11 is 0. The molecule has 7 nitrogen and oxygen atoms in total. The fourth-order valence-electron chi connectivity index (χ4n) is 1.13. The zero-order chi connectivity index (χ0) is 12.3. The SMILES string of the molecule is [O-][N+](=Nc1ncccc1O)c1ncccc1O. The lowest BCUT2D eigenvalue weighted by Crippen LogP contribution is -1.94. The predicted molar refractivity (Wildman–Crippen MR) is 57.2 cm³/mol. The first kappa shape index (κ1) is 10.8. The minimum absolute atomic E-state index is 0.0946. The number of azo groups is 1. The molecule has 0 fully saturated rings. The van der Waals surface area contributed by atoms with E-state index in [0.717, 1.165) is 0 Å². The molecule has 2 aromatic heterocycles. The van der Waals surface area contributed by atoms with Crippen molar-refractivity contribution in [3.63, 3.8) is 0 Å². The van der Waals surface area contributed by atoms with E-state index in [1.807, 2.05) is 0 Å². The average Bonchev–Trinajstić information content (AvgIpc) is 2.32. The van der Waals surface area contributed by atoms with Crippen LogP contribution in [0.1, 0.15) is 0 Å². The summed E-state index contributed by atoms with van der Waals surface area (Å²) in [6, 6.07) is 5.63. The van der Waals surface area contributed by atoms with E-state index in [9.17, 15) is 15.4 Å². The predicted octanol–water partition coefficient (Wildman–Crippen LogP) is 1.81. The van der Waals surface area contributed by atoms with Gasteiger partial charge in [0.2, 0.25) is 11.6 Å². The standard InChI is InChI=1S/C10H8N4O3/c15-7-3-1-5-11-9(7)13-14(17)10-8(16)4-2-6-12-10/h1-6,15-16H. The molecule has 0 spiro atoms. The van der Waals surface area contributed by atoms with Gasteiger partial charge in [0.1, 0.15) is 6.20 Å². The molecule has 17 heavy (non-hydrogen) atoms. The van der Waals surface area contributed by atoms with Crippen LogP contribution in [0.3, 0.4) is 0 Å². The molecule has 0 atom stereocenters. The fourth-order valence-corrected chi connectivity index (χ4v) is 1.13. The third-order valence-corrected chi connectivity index (χ3v) is 1.90. The summed E-state index contributed by atoms with van der Waals surface area (Å²) < 4.78 is 0. The van der Waals surface area contributed by atoms with Crippen LogP contribution in [0.25, 0.3) is 0 Å². The zero-order valence-electron chi connectivity index (χ0n) is 8.56. The highest BCUT2D eigenvalue weighted by Crippen LogP contribution is 2.26. The van der Waals surface area contributed by atoms with Crippen LogP contribution in [0.2, 0.25) is 0 Å². The number of aromatic hydroxyl groups is 2. The second-order valence-electron chi connectivity index (χ2n) is 3.07. The van der Waals surface area contributed by atoms with Gasteiger partial charge in [-0.05, 0) is 29.2 Å². The summed E-state index contributed by atoms with van der Waals surface area (Å²) in [5, 5.41) is 33.8. The molecule has 0 aliphatic carbocycles. The van der Waals surface area contributed by atoms with Crippen molar-refractivity contribution in [2.45, 2.75) is 0 Å². The van der Waals surface area contributed by atoms with Crippen molar-refractivity contribution in [3.8, 4) is 11.5 Å². The average molecular weight is 232 g/mol. The maximum Gasteiger partial charge on any atom is 0.389 e. The van der Waals surface area contributed by atoms with Crippen molar-refractivity contribution >= 4 is 11.6 Å². The number of nitrogens with zero attached hydrogens (tertiary/aromatic N) is 4. The van der Waals surface area contributed by atoms with Gasteiger partial charge in [0.25, 0.3) is 0 Å². The van der Waals surface area contributed by atoms with Crippen molar-refractivity contribution in [2.75, 3.05) is 0 Å². The highest BCUT2D eigenvalue weighted by Gasteiger charge is 2.12. The normalized spacial score (nSPS) is 11.4. The molecular formula is C10H8N4O3. The molecule has 0 aliphatic heterocycles. The number of rotatable bonds is 2. The van der Waals surface area contributed by atoms with Crippen molar-refractivity contribution in [1.82, 2.24) is 9.97 Å². The van der Waals surface area contributed by atoms with Gasteiger partial charge in [-0.15, -0.1) is 4.86 Å². The molecule has 0 amide bonds. The number of hydrogen-bond acceptors (Lipinski definition) is 6. The minimum atomic E-state index is -0.304. The van der Waals surface area contributed by atoms with Gasteiger partial charge >= 0.3 is 5.82 Å². The Hall–Kier alpha value is -2.70. The van der Waals surface area contributed by atoms with Gasteiger partial charge in [0, 0.05) is 6.20 Å². The third-order valence-electron chi connectivity index (χ3n) is 1.90. The molecule has 0 saturated heterocycles. The third kappa shape index (κ3) is 2.28. The Balaban J connectivity index is 2.42. The first-order chi connectivity index (χ1) is 8.18. The Kier molecular flexibility index (Phi) is 2.82. The first-order valence-electron chi connectivity index (χ1n) is 4.65. The Labute approximate surface area is 95.9 Å². The van der Waals surface area contributed by atoms with Gasteiger partial charge in [0.15, 0.2) is 5.75 Å². The summed E-state index contributed by atoms with van der Waals surface area (Å²) in [7, 11) is 0. The van der Waals surface area contributed by atoms with E-state index < -0.39 is 0 Å². The zero-order valence-corrected chi connectivity index (χ0v) is 8.56. The van der Waals surface area contributed by atoms with Gasteiger partial charge in [-0.3, -0.25) is 0 Å². The van der Waals surface area contributed by atoms with Crippen LogP contribution in [0.5, 0.6) is 11.5 Å². The van der Waals surface area contributed by atoms with E-state index in [2.05, 4.69) is 15.1 Å². The topological polar surface area (TPSA) is 105 Å². The van der Waals surface area contributed by atoms with E-state index >= 15 is 0 Å². The van der Waals surface area contributed by atoms with Gasteiger partial charge in [-0.25, -0.2) is 4.98 Å². The Morgan fingerprint density at radius 1 is 1.06 bits per heavy atom. The van der Waals surface area contributed by atoms with E-state index in [1.54, 1.807) is 0 Å². The molecule has 2 aromatic rings. The van der Waals surface area contributed by atoms with Gasteiger partial charge < -0.3 is 15.4 Å². The molecule has 0 saturated carbocycles. The maximum atomic E-state index is 11.6. The molecule has 2 N–H and O–H groups in total. The molecule has 86 valence electrons. The summed E-state index contributed by atoms with van der Waals surface area (Å²) in [6.45, 7) is 0. The van der Waals surface area contributed by atoms with Gasteiger partial charge in [-0.2, -0.15) is 0 Å². The second-order valence-corrected chi connectivity index (χ2v) is 3.07. The monoisotopic (exact) mass is 232 g/mol. The number of pyridine rings is 2. The van der Waals surface area contributed by atoms with E-state index in [4.69, 9.17) is 0 Å². The summed E-state index contributed by atoms with van der Waals surface area (Å²) in [5.41, 5.74) is 0. The fraction of sp³-hybridized carbons (Fsp3) is 0. The minimum Gasteiger partial charge on any atom is -0.690 e. The van der Waals surface area contributed by atoms with Crippen molar-refractivity contribution in [2.24, 2.45) is 5.11 Å². The lowest BCUT2D eigenvalue weighted by atomic mass is 10.4. The summed E-state index contributed by atoms with van der Waals surface area (Å²) in [6.07, 6.45) is 2.72. The maximum absolute atomic E-state index is 11.6. The molecule has 0 radical (unpaired) electrons. The molecule has 7 heteroatoms. The van der Waals surface area contributed by atoms with Crippen LogP contribution in [0.15, 0.2) is 41.8 Å². The largest absolute Gasteiger partial charge is 0.690 e.